The molecule has 338 valence electrons. The predicted octanol–water partition coefficient (Wildman–Crippen LogP) is 5.53. The second kappa shape index (κ2) is 23.0. The Kier molecular flexibility index (Phi) is 19.4. The summed E-state index contributed by atoms with van der Waals surface area (Å²) in [5.74, 6) is 5.14. The lowest BCUT2D eigenvalue weighted by Gasteiger charge is -2.58. The van der Waals surface area contributed by atoms with Gasteiger partial charge < -0.3 is 62.8 Å². The lowest BCUT2D eigenvalue weighted by atomic mass is 9.47. The fourth-order valence-electron chi connectivity index (χ4n) is 11.4. The second-order valence-corrected chi connectivity index (χ2v) is 21.4. The summed E-state index contributed by atoms with van der Waals surface area (Å²) in [4.78, 5) is 10.2. The number of hydrogen-bond acceptors (Lipinski definition) is 13. The zero-order chi connectivity index (χ0) is 41.9. The van der Waals surface area contributed by atoms with E-state index in [1.165, 1.54) is 57.8 Å². The molecule has 0 aromatic carbocycles. The van der Waals surface area contributed by atoms with Crippen LogP contribution < -0.4 is 0 Å². The molecule has 5 N–H and O–H groups in total. The molecule has 0 amide bonds. The fourth-order valence-corrected chi connectivity index (χ4v) is 12.5. The van der Waals surface area contributed by atoms with Gasteiger partial charge in [-0.1, -0.05) is 65.5 Å². The van der Waals surface area contributed by atoms with Crippen LogP contribution in [0.15, 0.2) is 11.6 Å². The molecular weight excluding hydrogens is 788 g/mol. The van der Waals surface area contributed by atoms with Gasteiger partial charge in [0.05, 0.1) is 78.8 Å². The number of rotatable bonds is 25. The van der Waals surface area contributed by atoms with Gasteiger partial charge in [0.2, 0.25) is 0 Å². The van der Waals surface area contributed by atoms with Crippen molar-refractivity contribution in [1.29, 1.82) is 0 Å². The monoisotopic (exact) mass is 864 g/mol. The summed E-state index contributed by atoms with van der Waals surface area (Å²) in [7, 11) is 0. The van der Waals surface area contributed by atoms with Crippen molar-refractivity contribution in [1.82, 2.24) is 0 Å². The van der Waals surface area contributed by atoms with Crippen molar-refractivity contribution in [3.05, 3.63) is 11.6 Å². The van der Waals surface area contributed by atoms with Gasteiger partial charge in [-0.2, -0.15) is 0 Å². The molecule has 0 radical (unpaired) electrons. The SMILES string of the molecule is CC(C)CCC[C@@H](C)[C@H]1CC[C@H]2[C@@H]3CC=C4CC(OCCOCCOCCOCCOP(O)(=S)OCCO[C@@H]5O[C@H](CO)[C@H](O)[C@H](O)[C@H]5O)CC[C@]4(C)[C@H]3CC[C@]12C. The number of fused-ring (bicyclic) bond motifs is 5. The molecule has 0 spiro atoms. The van der Waals surface area contributed by atoms with E-state index in [2.05, 4.69) is 40.7 Å². The van der Waals surface area contributed by atoms with Crippen molar-refractivity contribution in [3.8, 4) is 0 Å². The van der Waals surface area contributed by atoms with Crippen molar-refractivity contribution >= 4 is 18.5 Å². The highest BCUT2D eigenvalue weighted by Gasteiger charge is 2.59. The zero-order valence-corrected chi connectivity index (χ0v) is 37.6. The summed E-state index contributed by atoms with van der Waals surface area (Å²) in [6, 6.07) is 0. The molecular formula is C43H77O13PS. The molecule has 1 heterocycles. The van der Waals surface area contributed by atoms with Gasteiger partial charge >= 0.3 is 6.72 Å². The van der Waals surface area contributed by atoms with Crippen molar-refractivity contribution in [2.45, 2.75) is 142 Å². The number of ether oxygens (including phenoxy) is 6. The smallest absolute Gasteiger partial charge is 0.324 e. The highest BCUT2D eigenvalue weighted by atomic mass is 32.5. The van der Waals surface area contributed by atoms with Crippen LogP contribution in [0.5, 0.6) is 0 Å². The molecule has 0 aromatic rings. The lowest BCUT2D eigenvalue weighted by molar-refractivity contribution is -0.301. The van der Waals surface area contributed by atoms with Crippen LogP contribution in [0, 0.1) is 46.3 Å². The van der Waals surface area contributed by atoms with Crippen LogP contribution in [0.4, 0.5) is 0 Å². The van der Waals surface area contributed by atoms with Crippen molar-refractivity contribution in [2.75, 3.05) is 72.7 Å². The van der Waals surface area contributed by atoms with Gasteiger partial charge in [-0.3, -0.25) is 0 Å². The molecule has 3 saturated carbocycles. The highest BCUT2D eigenvalue weighted by molar-refractivity contribution is 8.07. The molecule has 5 rings (SSSR count). The molecule has 15 heteroatoms. The number of aliphatic hydroxyl groups is 4. The molecule has 1 saturated heterocycles. The van der Waals surface area contributed by atoms with Crippen LogP contribution in [-0.2, 0) is 49.3 Å². The van der Waals surface area contributed by atoms with Gasteiger partial charge in [0.1, 0.15) is 24.4 Å². The van der Waals surface area contributed by atoms with Crippen LogP contribution in [0.1, 0.15) is 105 Å². The van der Waals surface area contributed by atoms with Crippen LogP contribution >= 0.6 is 6.72 Å². The highest BCUT2D eigenvalue weighted by Crippen LogP contribution is 2.67. The van der Waals surface area contributed by atoms with E-state index in [9.17, 15) is 25.3 Å². The number of allylic oxidation sites excluding steroid dienone is 1. The van der Waals surface area contributed by atoms with Crippen LogP contribution in [0.3, 0.4) is 0 Å². The first-order valence-electron chi connectivity index (χ1n) is 22.3. The summed E-state index contributed by atoms with van der Waals surface area (Å²) in [6.45, 7) is 11.1. The Morgan fingerprint density at radius 1 is 0.776 bits per heavy atom. The zero-order valence-electron chi connectivity index (χ0n) is 35.9. The minimum absolute atomic E-state index is 0.0155. The third-order valence-corrected chi connectivity index (χ3v) is 16.2. The minimum atomic E-state index is -3.56. The average Bonchev–Trinajstić information content (AvgIpc) is 3.55. The summed E-state index contributed by atoms with van der Waals surface area (Å²) >= 11 is 4.98. The number of hydrogen-bond donors (Lipinski definition) is 5. The minimum Gasteiger partial charge on any atom is -0.394 e. The largest absolute Gasteiger partial charge is 0.394 e. The first-order valence-corrected chi connectivity index (χ1v) is 24.9. The van der Waals surface area contributed by atoms with Gasteiger partial charge in [-0.15, -0.1) is 0 Å². The van der Waals surface area contributed by atoms with Crippen molar-refractivity contribution in [2.24, 2.45) is 46.3 Å². The maximum atomic E-state index is 10.2. The van der Waals surface area contributed by atoms with Crippen LogP contribution in [0.25, 0.3) is 0 Å². The van der Waals surface area contributed by atoms with E-state index < -0.39 is 44.0 Å². The normalized spacial score (nSPS) is 37.8. The molecule has 14 atom stereocenters. The first kappa shape index (κ1) is 48.9. The van der Waals surface area contributed by atoms with E-state index in [1.54, 1.807) is 5.57 Å². The predicted molar refractivity (Wildman–Crippen MR) is 223 cm³/mol. The Balaban J connectivity index is 0.864. The fraction of sp³-hybridized carbons (Fsp3) is 0.953. The van der Waals surface area contributed by atoms with E-state index >= 15 is 0 Å². The standard InChI is InChI=1S/C43H77O13PS/c1-29(2)7-6-8-30(3)34-11-12-35-33-10-9-31-27-32(13-15-42(31,4)36(33)14-16-43(34,35)5)52-23-21-50-19-17-49-18-20-51-22-25-54-57(48,58)55-26-24-53-41-40(47)39(46)38(45)37(28-44)56-41/h9,29-30,32-41,44-47H,6-8,10-28H2,1-5H3,(H,48,58)/t30-,32?,33+,34-,35+,36+,37-,38+,39+,40-,41-,42+,43-,57?/m1/s1. The summed E-state index contributed by atoms with van der Waals surface area (Å²) in [5, 5.41) is 38.9. The summed E-state index contributed by atoms with van der Waals surface area (Å²) < 4.78 is 44.2. The van der Waals surface area contributed by atoms with Crippen LogP contribution in [-0.4, -0.2) is 135 Å². The van der Waals surface area contributed by atoms with Gasteiger partial charge in [0.25, 0.3) is 0 Å². The molecule has 4 fully saturated rings. The molecule has 2 unspecified atom stereocenters. The first-order chi connectivity index (χ1) is 27.7. The van der Waals surface area contributed by atoms with E-state index in [-0.39, 0.29) is 32.5 Å². The molecule has 13 nitrogen and oxygen atoms in total. The number of aliphatic hydroxyl groups excluding tert-OH is 4. The van der Waals surface area contributed by atoms with E-state index in [0.717, 1.165) is 48.3 Å². The van der Waals surface area contributed by atoms with Gasteiger partial charge in [0, 0.05) is 0 Å². The Bertz CT molecular complexity index is 1310. The van der Waals surface area contributed by atoms with Gasteiger partial charge in [-0.25, -0.2) is 0 Å². The molecule has 4 aliphatic carbocycles. The molecule has 5 aliphatic rings. The van der Waals surface area contributed by atoms with E-state index in [4.69, 9.17) is 49.3 Å². The summed E-state index contributed by atoms with van der Waals surface area (Å²) in [5.41, 5.74) is 2.53. The Morgan fingerprint density at radius 2 is 1.41 bits per heavy atom. The topological polar surface area (TPSA) is 175 Å². The quantitative estimate of drug-likeness (QED) is 0.0440. The molecule has 0 aromatic heterocycles. The maximum Gasteiger partial charge on any atom is 0.324 e. The van der Waals surface area contributed by atoms with Gasteiger partial charge in [0.15, 0.2) is 6.29 Å². The van der Waals surface area contributed by atoms with Crippen molar-refractivity contribution in [3.63, 3.8) is 0 Å². The Morgan fingerprint density at radius 3 is 2.09 bits per heavy atom. The van der Waals surface area contributed by atoms with Crippen molar-refractivity contribution < 1.29 is 62.8 Å². The Labute approximate surface area is 353 Å². The summed E-state index contributed by atoms with van der Waals surface area (Å²) in [6.07, 6.45) is 10.6. The molecule has 58 heavy (non-hydrogen) atoms. The average molecular weight is 865 g/mol. The van der Waals surface area contributed by atoms with E-state index in [1.807, 2.05) is 0 Å². The molecule has 0 bridgehead atoms. The third kappa shape index (κ3) is 12.7. The maximum absolute atomic E-state index is 10.2. The Hall–Kier alpha value is -0.130. The third-order valence-electron chi connectivity index (χ3n) is 14.5. The van der Waals surface area contributed by atoms with E-state index in [0.29, 0.717) is 50.5 Å². The lowest BCUT2D eigenvalue weighted by Crippen LogP contribution is -2.59. The van der Waals surface area contributed by atoms with Crippen LogP contribution in [0.2, 0.25) is 0 Å². The van der Waals surface area contributed by atoms with Gasteiger partial charge in [-0.05, 0) is 110 Å². The molecule has 1 aliphatic heterocycles. The second-order valence-electron chi connectivity index (χ2n) is 18.6.